The molecule has 88 valence electrons. The summed E-state index contributed by atoms with van der Waals surface area (Å²) < 4.78 is 0. The molecule has 4 heteroatoms. The summed E-state index contributed by atoms with van der Waals surface area (Å²) in [6, 6.07) is 5.51. The van der Waals surface area contributed by atoms with Crippen molar-refractivity contribution in [3.05, 3.63) is 29.3 Å². The third-order valence-electron chi connectivity index (χ3n) is 3.86. The standard InChI is InChI=1S/C13H15N3O/c14-12-10-3-1-2-8(10)9-5-4-7(13(15)17)6-11(9)16-12/h4-6,8,10H,1-3H2,(H2,14,16)(H2,15,17). The van der Waals surface area contributed by atoms with E-state index in [1.54, 1.807) is 12.1 Å². The van der Waals surface area contributed by atoms with Gasteiger partial charge in [0, 0.05) is 11.5 Å². The van der Waals surface area contributed by atoms with Crippen LogP contribution in [0.2, 0.25) is 0 Å². The number of fused-ring (bicyclic) bond motifs is 3. The zero-order valence-electron chi connectivity index (χ0n) is 9.52. The van der Waals surface area contributed by atoms with Gasteiger partial charge >= 0.3 is 0 Å². The summed E-state index contributed by atoms with van der Waals surface area (Å²) in [5.41, 5.74) is 13.8. The van der Waals surface area contributed by atoms with Crippen molar-refractivity contribution >= 4 is 17.4 Å². The van der Waals surface area contributed by atoms with E-state index in [1.165, 1.54) is 12.0 Å². The minimum atomic E-state index is -0.421. The number of carbonyl (C=O) groups excluding carboxylic acids is 1. The lowest BCUT2D eigenvalue weighted by Gasteiger charge is -2.26. The van der Waals surface area contributed by atoms with Crippen LogP contribution in [-0.2, 0) is 0 Å². The van der Waals surface area contributed by atoms with Crippen molar-refractivity contribution in [2.75, 3.05) is 0 Å². The Balaban J connectivity index is 2.12. The Morgan fingerprint density at radius 3 is 2.82 bits per heavy atom. The van der Waals surface area contributed by atoms with Gasteiger partial charge in [0.1, 0.15) is 5.84 Å². The van der Waals surface area contributed by atoms with Crippen molar-refractivity contribution in [2.45, 2.75) is 25.2 Å². The first-order chi connectivity index (χ1) is 8.16. The SMILES string of the molecule is NC(=O)c1ccc2c(c1)N=C(N)C1CCCC21. The lowest BCUT2D eigenvalue weighted by Crippen LogP contribution is -2.28. The molecule has 0 saturated heterocycles. The zero-order chi connectivity index (χ0) is 12.0. The molecule has 1 aliphatic carbocycles. The number of hydrogen-bond acceptors (Lipinski definition) is 3. The monoisotopic (exact) mass is 229 g/mol. The van der Waals surface area contributed by atoms with E-state index in [2.05, 4.69) is 4.99 Å². The van der Waals surface area contributed by atoms with Crippen molar-refractivity contribution in [2.24, 2.45) is 22.4 Å². The number of benzene rings is 1. The van der Waals surface area contributed by atoms with Crippen LogP contribution < -0.4 is 11.5 Å². The molecule has 1 aromatic rings. The second-order valence-corrected chi connectivity index (χ2v) is 4.82. The number of carbonyl (C=O) groups is 1. The molecule has 4 nitrogen and oxygen atoms in total. The molecular weight excluding hydrogens is 214 g/mol. The van der Waals surface area contributed by atoms with Crippen molar-refractivity contribution in [3.8, 4) is 0 Å². The average Bonchev–Trinajstić information content (AvgIpc) is 2.78. The van der Waals surface area contributed by atoms with E-state index in [1.807, 2.05) is 6.07 Å². The molecule has 1 fully saturated rings. The van der Waals surface area contributed by atoms with E-state index < -0.39 is 5.91 Å². The summed E-state index contributed by atoms with van der Waals surface area (Å²) in [4.78, 5) is 15.6. The van der Waals surface area contributed by atoms with Gasteiger partial charge in [-0.3, -0.25) is 4.79 Å². The van der Waals surface area contributed by atoms with Crippen LogP contribution in [-0.4, -0.2) is 11.7 Å². The smallest absolute Gasteiger partial charge is 0.248 e. The lowest BCUT2D eigenvalue weighted by molar-refractivity contribution is 0.100. The van der Waals surface area contributed by atoms with E-state index in [4.69, 9.17) is 11.5 Å². The van der Waals surface area contributed by atoms with E-state index in [-0.39, 0.29) is 0 Å². The number of nitrogens with zero attached hydrogens (tertiary/aromatic N) is 1. The van der Waals surface area contributed by atoms with E-state index in [0.29, 0.717) is 23.2 Å². The van der Waals surface area contributed by atoms with Gasteiger partial charge in [-0.2, -0.15) is 0 Å². The van der Waals surface area contributed by atoms with Crippen LogP contribution in [0.5, 0.6) is 0 Å². The third-order valence-corrected chi connectivity index (χ3v) is 3.86. The number of nitrogens with two attached hydrogens (primary N) is 2. The second-order valence-electron chi connectivity index (χ2n) is 4.82. The number of amides is 1. The summed E-state index contributed by atoms with van der Waals surface area (Å²) >= 11 is 0. The molecule has 1 aromatic carbocycles. The second kappa shape index (κ2) is 3.58. The molecule has 2 atom stereocenters. The number of primary amides is 1. The third kappa shape index (κ3) is 1.52. The first kappa shape index (κ1) is 10.3. The number of aliphatic imine (C=N–C) groups is 1. The largest absolute Gasteiger partial charge is 0.387 e. The molecule has 1 saturated carbocycles. The van der Waals surface area contributed by atoms with Crippen molar-refractivity contribution in [1.29, 1.82) is 0 Å². The summed E-state index contributed by atoms with van der Waals surface area (Å²) in [5, 5.41) is 0. The van der Waals surface area contributed by atoms with Crippen LogP contribution in [0, 0.1) is 5.92 Å². The van der Waals surface area contributed by atoms with E-state index in [0.717, 1.165) is 18.5 Å². The van der Waals surface area contributed by atoms with Gasteiger partial charge in [-0.1, -0.05) is 12.5 Å². The van der Waals surface area contributed by atoms with Crippen LogP contribution in [0.15, 0.2) is 23.2 Å². The fraction of sp³-hybridized carbons (Fsp3) is 0.385. The first-order valence-electron chi connectivity index (χ1n) is 5.94. The predicted octanol–water partition coefficient (Wildman–Crippen LogP) is 1.67. The number of hydrogen-bond donors (Lipinski definition) is 2. The predicted molar refractivity (Wildman–Crippen MR) is 66.3 cm³/mol. The summed E-state index contributed by atoms with van der Waals surface area (Å²) in [7, 11) is 0. The van der Waals surface area contributed by atoms with Gasteiger partial charge < -0.3 is 11.5 Å². The molecule has 0 aromatic heterocycles. The zero-order valence-corrected chi connectivity index (χ0v) is 9.52. The van der Waals surface area contributed by atoms with Crippen LogP contribution in [0.3, 0.4) is 0 Å². The Morgan fingerprint density at radius 2 is 2.06 bits per heavy atom. The summed E-state index contributed by atoms with van der Waals surface area (Å²) in [6.07, 6.45) is 3.48. The van der Waals surface area contributed by atoms with Crippen molar-refractivity contribution in [3.63, 3.8) is 0 Å². The van der Waals surface area contributed by atoms with Gasteiger partial charge in [0.05, 0.1) is 5.69 Å². The Kier molecular flexibility index (Phi) is 2.18. The van der Waals surface area contributed by atoms with Crippen LogP contribution in [0.1, 0.15) is 41.1 Å². The Labute approximate surface area is 99.7 Å². The number of rotatable bonds is 1. The van der Waals surface area contributed by atoms with Crippen LogP contribution in [0.4, 0.5) is 5.69 Å². The van der Waals surface area contributed by atoms with Gasteiger partial charge in [0.2, 0.25) is 5.91 Å². The molecule has 4 N–H and O–H groups in total. The van der Waals surface area contributed by atoms with Crippen LogP contribution >= 0.6 is 0 Å². The minimum absolute atomic E-state index is 0.391. The first-order valence-corrected chi connectivity index (χ1v) is 5.94. The molecule has 17 heavy (non-hydrogen) atoms. The maximum Gasteiger partial charge on any atom is 0.248 e. The van der Waals surface area contributed by atoms with Crippen molar-refractivity contribution in [1.82, 2.24) is 0 Å². The maximum atomic E-state index is 11.1. The van der Waals surface area contributed by atoms with E-state index in [9.17, 15) is 4.79 Å². The molecular formula is C13H15N3O. The van der Waals surface area contributed by atoms with Gasteiger partial charge in [-0.25, -0.2) is 4.99 Å². The summed E-state index contributed by atoms with van der Waals surface area (Å²) in [6.45, 7) is 0. The minimum Gasteiger partial charge on any atom is -0.387 e. The highest BCUT2D eigenvalue weighted by atomic mass is 16.1. The molecule has 2 unspecified atom stereocenters. The fourth-order valence-electron chi connectivity index (χ4n) is 3.02. The topological polar surface area (TPSA) is 81.5 Å². The Hall–Kier alpha value is -1.84. The molecule has 1 aliphatic heterocycles. The molecule has 1 amide bonds. The van der Waals surface area contributed by atoms with Gasteiger partial charge in [-0.15, -0.1) is 0 Å². The molecule has 2 aliphatic rings. The van der Waals surface area contributed by atoms with Crippen LogP contribution in [0.25, 0.3) is 0 Å². The van der Waals surface area contributed by atoms with Gasteiger partial charge in [-0.05, 0) is 36.5 Å². The molecule has 1 heterocycles. The van der Waals surface area contributed by atoms with Gasteiger partial charge in [0.25, 0.3) is 0 Å². The van der Waals surface area contributed by atoms with Crippen molar-refractivity contribution < 1.29 is 4.79 Å². The quantitative estimate of drug-likeness (QED) is 0.768. The maximum absolute atomic E-state index is 11.1. The summed E-state index contributed by atoms with van der Waals surface area (Å²) in [5.74, 6) is 1.16. The molecule has 0 radical (unpaired) electrons. The molecule has 0 spiro atoms. The lowest BCUT2D eigenvalue weighted by atomic mass is 9.84. The average molecular weight is 229 g/mol. The molecule has 3 rings (SSSR count). The molecule has 0 bridgehead atoms. The highest BCUT2D eigenvalue weighted by molar-refractivity contribution is 5.95. The van der Waals surface area contributed by atoms with E-state index >= 15 is 0 Å². The fourth-order valence-corrected chi connectivity index (χ4v) is 3.02. The number of amidine groups is 1. The van der Waals surface area contributed by atoms with Gasteiger partial charge in [0.15, 0.2) is 0 Å². The Morgan fingerprint density at radius 1 is 1.29 bits per heavy atom. The Bertz CT molecular complexity index is 521. The highest BCUT2D eigenvalue weighted by Gasteiger charge is 2.35. The normalized spacial score (nSPS) is 26.0. The highest BCUT2D eigenvalue weighted by Crippen LogP contribution is 2.46.